The monoisotopic (exact) mass is 804 g/mol. The van der Waals surface area contributed by atoms with Crippen molar-refractivity contribution in [2.45, 2.75) is 71.6 Å². The number of carbonyl (C=O) groups excluding carboxylic acids is 2. The number of amidine groups is 1. The van der Waals surface area contributed by atoms with E-state index in [9.17, 15) is 23.5 Å². The number of hydrogen-bond donors (Lipinski definition) is 2. The molecule has 306 valence electrons. The van der Waals surface area contributed by atoms with E-state index in [2.05, 4.69) is 25.3 Å². The van der Waals surface area contributed by atoms with Crippen LogP contribution in [0.3, 0.4) is 0 Å². The summed E-state index contributed by atoms with van der Waals surface area (Å²) >= 11 is 0. The predicted molar refractivity (Wildman–Crippen MR) is 221 cm³/mol. The van der Waals surface area contributed by atoms with Gasteiger partial charge in [-0.05, 0) is 100 Å². The summed E-state index contributed by atoms with van der Waals surface area (Å²) in [5.74, 6) is -0.113. The molecule has 0 unspecified atom stereocenters. The summed E-state index contributed by atoms with van der Waals surface area (Å²) < 4.78 is 40.6. The summed E-state index contributed by atoms with van der Waals surface area (Å²) in [4.78, 5) is 51.1. The van der Waals surface area contributed by atoms with Gasteiger partial charge < -0.3 is 19.9 Å². The lowest BCUT2D eigenvalue weighted by atomic mass is 10.0. The molecule has 0 saturated heterocycles. The second kappa shape index (κ2) is 18.9. The third-order valence-corrected chi connectivity index (χ3v) is 9.78. The highest BCUT2D eigenvalue weighted by Crippen LogP contribution is 2.35. The van der Waals surface area contributed by atoms with Gasteiger partial charge in [0.15, 0.2) is 0 Å². The fourth-order valence-electron chi connectivity index (χ4n) is 6.71. The van der Waals surface area contributed by atoms with E-state index < -0.39 is 18.2 Å². The predicted octanol–water partition coefficient (Wildman–Crippen LogP) is 6.76. The summed E-state index contributed by atoms with van der Waals surface area (Å²) in [5, 5.41) is 12.9. The lowest BCUT2D eigenvalue weighted by Gasteiger charge is -2.16. The molecule has 59 heavy (non-hydrogen) atoms. The number of hydrogen-bond acceptors (Lipinski definition) is 11. The Hall–Kier alpha value is -6.48. The Kier molecular flexibility index (Phi) is 13.5. The number of methoxy groups -OCH3 is 2. The number of aryl methyl sites for hydroxylation is 3. The first-order valence-electron chi connectivity index (χ1n) is 19.2. The molecular weight excluding hydrogens is 759 g/mol. The fraction of sp³-hybridized carbons (Fsp3) is 0.318. The minimum absolute atomic E-state index is 0.138. The van der Waals surface area contributed by atoms with Crippen molar-refractivity contribution < 1.29 is 33.0 Å². The SMILES string of the molecule is COC(=O)CC[C@@H]1N=C(c2ccccn2)c2cc(F)c(C)cc2-n2c(C)cnc21.COC(=O)CC[C@@H]1N=C(c2ccccn2)c2cc(F)c(C)cc2NC1=NC[C@@H](C)O. The number of carbonyl (C=O) groups is 2. The molecule has 3 atom stereocenters. The molecule has 2 aliphatic heterocycles. The van der Waals surface area contributed by atoms with Crippen molar-refractivity contribution in [1.82, 2.24) is 19.5 Å². The van der Waals surface area contributed by atoms with Crippen LogP contribution >= 0.6 is 0 Å². The number of pyridine rings is 2. The first-order valence-corrected chi connectivity index (χ1v) is 19.2. The number of aliphatic imine (C=N–C) groups is 3. The molecule has 15 heteroatoms. The van der Waals surface area contributed by atoms with Crippen LogP contribution in [0.25, 0.3) is 5.69 Å². The maximum atomic E-state index is 14.6. The molecule has 0 bridgehead atoms. The molecule has 2 aromatic carbocycles. The molecule has 7 rings (SSSR count). The second-order valence-corrected chi connectivity index (χ2v) is 14.2. The maximum absolute atomic E-state index is 14.6. The zero-order valence-corrected chi connectivity index (χ0v) is 33.7. The molecule has 0 radical (unpaired) electrons. The lowest BCUT2D eigenvalue weighted by Crippen LogP contribution is -2.28. The third-order valence-electron chi connectivity index (χ3n) is 9.78. The summed E-state index contributed by atoms with van der Waals surface area (Å²) in [7, 11) is 2.70. The third kappa shape index (κ3) is 9.80. The largest absolute Gasteiger partial charge is 0.469 e. The first-order chi connectivity index (χ1) is 28.4. The lowest BCUT2D eigenvalue weighted by molar-refractivity contribution is -0.141. The molecule has 2 aliphatic rings. The standard InChI is InChI=1S/C22H25FN4O3.C22H21FN4O2/c1-13-10-19-15(11-16(13)23)21(17-6-4-5-9-24-17)26-18(7-8-20(29)30-3)22(27-19)25-12-14(2)28;1-13-10-19-15(11-16(13)23)21(17-6-4-5-9-24-17)26-18(7-8-20(28)29-3)22-25-12-14(2)27(19)22/h4-6,9-11,14,18,28H,7-8,12H2,1-3H3,(H,25,27);4-6,9-12,18H,7-8H2,1-3H3/t14-,18+;18-/m10/s1. The highest BCUT2D eigenvalue weighted by Gasteiger charge is 2.30. The van der Waals surface area contributed by atoms with Crippen molar-refractivity contribution in [3.8, 4) is 5.69 Å². The number of benzodiazepines with no additional fused rings is 1. The molecule has 0 amide bonds. The molecular formula is C44H46F2N8O5. The van der Waals surface area contributed by atoms with Crippen LogP contribution in [0.5, 0.6) is 0 Å². The fourth-order valence-corrected chi connectivity index (χ4v) is 6.71. The van der Waals surface area contributed by atoms with Gasteiger partial charge in [0.2, 0.25) is 0 Å². The van der Waals surface area contributed by atoms with Crippen molar-refractivity contribution >= 4 is 34.9 Å². The van der Waals surface area contributed by atoms with E-state index in [4.69, 9.17) is 19.5 Å². The summed E-state index contributed by atoms with van der Waals surface area (Å²) in [5.41, 5.74) is 6.90. The number of imidazole rings is 1. The van der Waals surface area contributed by atoms with Crippen LogP contribution in [0.4, 0.5) is 14.5 Å². The van der Waals surface area contributed by atoms with Crippen LogP contribution in [0, 0.1) is 32.4 Å². The maximum Gasteiger partial charge on any atom is 0.305 e. The van der Waals surface area contributed by atoms with Crippen LogP contribution < -0.4 is 5.32 Å². The average molecular weight is 805 g/mol. The Labute approximate surface area is 341 Å². The number of anilines is 1. The Morgan fingerprint density at radius 2 is 1.37 bits per heavy atom. The first kappa shape index (κ1) is 42.1. The zero-order chi connectivity index (χ0) is 42.2. The van der Waals surface area contributed by atoms with Crippen LogP contribution in [-0.4, -0.2) is 86.7 Å². The number of nitrogens with one attached hydrogen (secondary N) is 1. The van der Waals surface area contributed by atoms with Gasteiger partial charge in [-0.1, -0.05) is 12.1 Å². The minimum atomic E-state index is -0.641. The van der Waals surface area contributed by atoms with E-state index in [1.54, 1.807) is 57.6 Å². The van der Waals surface area contributed by atoms with Gasteiger partial charge in [0.1, 0.15) is 35.4 Å². The number of fused-ring (bicyclic) bond motifs is 4. The molecule has 13 nitrogen and oxygen atoms in total. The molecule has 3 aromatic heterocycles. The molecule has 0 aliphatic carbocycles. The van der Waals surface area contributed by atoms with Gasteiger partial charge in [0.05, 0.1) is 55.4 Å². The van der Waals surface area contributed by atoms with Crippen molar-refractivity contribution in [2.75, 3.05) is 26.1 Å². The van der Waals surface area contributed by atoms with E-state index >= 15 is 0 Å². The minimum Gasteiger partial charge on any atom is -0.469 e. The van der Waals surface area contributed by atoms with Crippen molar-refractivity contribution in [1.29, 1.82) is 0 Å². The highest BCUT2D eigenvalue weighted by atomic mass is 19.1. The Morgan fingerprint density at radius 3 is 1.95 bits per heavy atom. The molecule has 0 fully saturated rings. The number of nitrogens with zero attached hydrogens (tertiary/aromatic N) is 7. The number of rotatable bonds is 10. The molecule has 5 aromatic rings. The van der Waals surface area contributed by atoms with Crippen LogP contribution in [0.2, 0.25) is 0 Å². The van der Waals surface area contributed by atoms with E-state index in [1.807, 2.05) is 41.8 Å². The molecule has 0 spiro atoms. The number of benzene rings is 2. The number of halogens is 2. The highest BCUT2D eigenvalue weighted by molar-refractivity contribution is 6.19. The van der Waals surface area contributed by atoms with Gasteiger partial charge in [-0.25, -0.2) is 13.8 Å². The van der Waals surface area contributed by atoms with E-state index in [-0.39, 0.29) is 43.0 Å². The van der Waals surface area contributed by atoms with Crippen LogP contribution in [-0.2, 0) is 19.1 Å². The van der Waals surface area contributed by atoms with Gasteiger partial charge in [-0.2, -0.15) is 0 Å². The average Bonchev–Trinajstić information content (AvgIpc) is 3.48. The van der Waals surface area contributed by atoms with E-state index in [0.29, 0.717) is 75.3 Å². The van der Waals surface area contributed by atoms with Gasteiger partial charge >= 0.3 is 11.9 Å². The number of aromatic nitrogens is 4. The van der Waals surface area contributed by atoms with Crippen molar-refractivity contribution in [2.24, 2.45) is 15.0 Å². The number of ether oxygens (including phenoxy) is 2. The molecule has 2 N–H and O–H groups in total. The second-order valence-electron chi connectivity index (χ2n) is 14.2. The smallest absolute Gasteiger partial charge is 0.305 e. The van der Waals surface area contributed by atoms with Crippen LogP contribution in [0.1, 0.15) is 83.8 Å². The Balaban J connectivity index is 0.000000198. The summed E-state index contributed by atoms with van der Waals surface area (Å²) in [6, 6.07) is 16.5. The van der Waals surface area contributed by atoms with Gasteiger partial charge in [0.25, 0.3) is 0 Å². The number of esters is 2. The van der Waals surface area contributed by atoms with E-state index in [0.717, 1.165) is 11.4 Å². The van der Waals surface area contributed by atoms with Crippen LogP contribution in [0.15, 0.2) is 94.2 Å². The van der Waals surface area contributed by atoms with Gasteiger partial charge in [0, 0.05) is 53.9 Å². The Bertz CT molecular complexity index is 2420. The quantitative estimate of drug-likeness (QED) is 0.145. The van der Waals surface area contributed by atoms with Crippen molar-refractivity contribution in [3.63, 3.8) is 0 Å². The van der Waals surface area contributed by atoms with Crippen molar-refractivity contribution in [3.05, 3.63) is 136 Å². The van der Waals surface area contributed by atoms with Gasteiger partial charge in [-0.3, -0.25) is 39.1 Å². The van der Waals surface area contributed by atoms with E-state index in [1.165, 1.54) is 26.4 Å². The zero-order valence-electron chi connectivity index (χ0n) is 33.7. The number of aliphatic hydroxyl groups is 1. The summed E-state index contributed by atoms with van der Waals surface area (Å²) in [6.45, 7) is 7.17. The summed E-state index contributed by atoms with van der Waals surface area (Å²) in [6.07, 6.45) is 5.56. The normalized spacial score (nSPS) is 16.7. The van der Waals surface area contributed by atoms with Gasteiger partial charge in [-0.15, -0.1) is 0 Å². The molecule has 0 saturated carbocycles. The Morgan fingerprint density at radius 1 is 0.814 bits per heavy atom. The topological polar surface area (TPSA) is 166 Å². The number of aliphatic hydroxyl groups excluding tert-OH is 1. The molecule has 5 heterocycles.